The second kappa shape index (κ2) is 4.09. The van der Waals surface area contributed by atoms with Gasteiger partial charge in [-0.1, -0.05) is 6.07 Å². The summed E-state index contributed by atoms with van der Waals surface area (Å²) >= 11 is 0. The summed E-state index contributed by atoms with van der Waals surface area (Å²) in [6.45, 7) is 1.04. The molecule has 0 aliphatic heterocycles. The Morgan fingerprint density at radius 1 is 1.08 bits per heavy atom. The van der Waals surface area contributed by atoms with Gasteiger partial charge in [0.05, 0.1) is 7.11 Å². The van der Waals surface area contributed by atoms with Crippen molar-refractivity contribution in [1.29, 1.82) is 0 Å². The third-order valence-electron chi connectivity index (χ3n) is 1.73. The molecule has 0 amide bonds. The normalized spacial score (nSPS) is 9.92. The van der Waals surface area contributed by atoms with Gasteiger partial charge in [0.15, 0.2) is 0 Å². The van der Waals surface area contributed by atoms with Crippen LogP contribution in [0, 0.1) is 0 Å². The smallest absolute Gasteiger partial charge is 0.119 e. The Bertz CT molecular complexity index is 205. The number of hydrogen-bond acceptors (Lipinski definition) is 3. The second-order valence-electron chi connectivity index (χ2n) is 2.60. The molecule has 0 unspecified atom stereocenters. The van der Waals surface area contributed by atoms with E-state index in [2.05, 4.69) is 0 Å². The van der Waals surface area contributed by atoms with Crippen LogP contribution >= 0.6 is 0 Å². The lowest BCUT2D eigenvalue weighted by Crippen LogP contribution is -2.01. The summed E-state index contributed by atoms with van der Waals surface area (Å²) in [5, 5.41) is 0. The largest absolute Gasteiger partial charge is 0.497 e. The minimum atomic E-state index is 0.518. The van der Waals surface area contributed by atoms with Gasteiger partial charge in [-0.2, -0.15) is 0 Å². The molecule has 0 fully saturated rings. The van der Waals surface area contributed by atoms with Crippen LogP contribution in [0.4, 0.5) is 0 Å². The van der Waals surface area contributed by atoms with Crippen LogP contribution in [0.1, 0.15) is 11.1 Å². The van der Waals surface area contributed by atoms with Gasteiger partial charge in [-0.25, -0.2) is 0 Å². The topological polar surface area (TPSA) is 61.3 Å². The van der Waals surface area contributed by atoms with E-state index >= 15 is 0 Å². The molecule has 0 spiro atoms. The lowest BCUT2D eigenvalue weighted by atomic mass is 10.1. The maximum absolute atomic E-state index is 5.50. The van der Waals surface area contributed by atoms with Crippen molar-refractivity contribution in [3.8, 4) is 5.75 Å². The molecule has 4 N–H and O–H groups in total. The SMILES string of the molecule is COc1cc(CN)cc(CN)c1. The summed E-state index contributed by atoms with van der Waals surface area (Å²) in [7, 11) is 1.63. The van der Waals surface area contributed by atoms with Crippen molar-refractivity contribution < 1.29 is 4.74 Å². The van der Waals surface area contributed by atoms with Gasteiger partial charge in [-0.3, -0.25) is 0 Å². The average molecular weight is 166 g/mol. The maximum atomic E-state index is 5.50. The molecule has 66 valence electrons. The molecule has 1 rings (SSSR count). The fourth-order valence-corrected chi connectivity index (χ4v) is 1.08. The van der Waals surface area contributed by atoms with E-state index in [0.717, 1.165) is 16.9 Å². The zero-order valence-corrected chi connectivity index (χ0v) is 7.21. The molecule has 12 heavy (non-hydrogen) atoms. The lowest BCUT2D eigenvalue weighted by molar-refractivity contribution is 0.413. The van der Waals surface area contributed by atoms with Crippen molar-refractivity contribution in [3.05, 3.63) is 29.3 Å². The van der Waals surface area contributed by atoms with Crippen molar-refractivity contribution >= 4 is 0 Å². The first-order valence-corrected chi connectivity index (χ1v) is 3.87. The van der Waals surface area contributed by atoms with Crippen molar-refractivity contribution in [1.82, 2.24) is 0 Å². The summed E-state index contributed by atoms with van der Waals surface area (Å²) in [5.74, 6) is 0.818. The van der Waals surface area contributed by atoms with Crippen LogP contribution in [0.5, 0.6) is 5.75 Å². The van der Waals surface area contributed by atoms with Crippen LogP contribution in [-0.4, -0.2) is 7.11 Å². The number of rotatable bonds is 3. The van der Waals surface area contributed by atoms with E-state index in [9.17, 15) is 0 Å². The summed E-state index contributed by atoms with van der Waals surface area (Å²) < 4.78 is 5.09. The molecule has 0 radical (unpaired) electrons. The van der Waals surface area contributed by atoms with Gasteiger partial charge >= 0.3 is 0 Å². The van der Waals surface area contributed by atoms with Crippen LogP contribution in [0.2, 0.25) is 0 Å². The maximum Gasteiger partial charge on any atom is 0.119 e. The predicted molar refractivity (Wildman–Crippen MR) is 48.8 cm³/mol. The van der Waals surface area contributed by atoms with Gasteiger partial charge in [0, 0.05) is 13.1 Å². The van der Waals surface area contributed by atoms with Crippen LogP contribution in [0.3, 0.4) is 0 Å². The standard InChI is InChI=1S/C9H14N2O/c1-12-9-3-7(5-10)2-8(4-9)6-11/h2-4H,5-6,10-11H2,1H3. The fraction of sp³-hybridized carbons (Fsp3) is 0.333. The molecule has 1 aromatic rings. The Morgan fingerprint density at radius 2 is 1.58 bits per heavy atom. The minimum Gasteiger partial charge on any atom is -0.497 e. The summed E-state index contributed by atoms with van der Waals surface area (Å²) in [6, 6.07) is 5.82. The van der Waals surface area contributed by atoms with Gasteiger partial charge in [0.25, 0.3) is 0 Å². The molecule has 0 aliphatic carbocycles. The second-order valence-corrected chi connectivity index (χ2v) is 2.60. The third-order valence-corrected chi connectivity index (χ3v) is 1.73. The zero-order chi connectivity index (χ0) is 8.97. The highest BCUT2D eigenvalue weighted by atomic mass is 16.5. The molecule has 3 nitrogen and oxygen atoms in total. The Balaban J connectivity index is 3.01. The van der Waals surface area contributed by atoms with Gasteiger partial charge in [-0.15, -0.1) is 0 Å². The molecule has 3 heteroatoms. The number of nitrogens with two attached hydrogens (primary N) is 2. The first-order valence-electron chi connectivity index (χ1n) is 3.87. The average Bonchev–Trinajstić information content (AvgIpc) is 2.16. The van der Waals surface area contributed by atoms with E-state index < -0.39 is 0 Å². The van der Waals surface area contributed by atoms with Crippen LogP contribution in [0.15, 0.2) is 18.2 Å². The number of hydrogen-bond donors (Lipinski definition) is 2. The van der Waals surface area contributed by atoms with E-state index in [4.69, 9.17) is 16.2 Å². The van der Waals surface area contributed by atoms with E-state index in [1.54, 1.807) is 7.11 Å². The third kappa shape index (κ3) is 1.96. The van der Waals surface area contributed by atoms with Crippen molar-refractivity contribution in [2.45, 2.75) is 13.1 Å². The number of methoxy groups -OCH3 is 1. The summed E-state index contributed by atoms with van der Waals surface area (Å²) in [6.07, 6.45) is 0. The highest BCUT2D eigenvalue weighted by molar-refractivity contribution is 5.34. The van der Waals surface area contributed by atoms with E-state index in [1.165, 1.54) is 0 Å². The van der Waals surface area contributed by atoms with E-state index in [1.807, 2.05) is 18.2 Å². The molecule has 0 heterocycles. The van der Waals surface area contributed by atoms with Gasteiger partial charge in [0.1, 0.15) is 5.75 Å². The Morgan fingerprint density at radius 3 is 1.92 bits per heavy atom. The number of benzene rings is 1. The van der Waals surface area contributed by atoms with Crippen molar-refractivity contribution in [3.63, 3.8) is 0 Å². The monoisotopic (exact) mass is 166 g/mol. The molecule has 0 atom stereocenters. The van der Waals surface area contributed by atoms with Crippen molar-refractivity contribution in [2.75, 3.05) is 7.11 Å². The van der Waals surface area contributed by atoms with Gasteiger partial charge in [0.2, 0.25) is 0 Å². The fourth-order valence-electron chi connectivity index (χ4n) is 1.08. The van der Waals surface area contributed by atoms with Crippen LogP contribution in [0.25, 0.3) is 0 Å². The quantitative estimate of drug-likeness (QED) is 0.691. The van der Waals surface area contributed by atoms with E-state index in [-0.39, 0.29) is 0 Å². The summed E-state index contributed by atoms with van der Waals surface area (Å²) in [5.41, 5.74) is 13.1. The predicted octanol–water partition coefficient (Wildman–Crippen LogP) is 0.613. The highest BCUT2D eigenvalue weighted by Gasteiger charge is 1.98. The minimum absolute atomic E-state index is 0.518. The molecule has 0 saturated heterocycles. The Kier molecular flexibility index (Phi) is 3.08. The molecular formula is C9H14N2O. The molecule has 0 aliphatic rings. The van der Waals surface area contributed by atoms with Crippen LogP contribution in [-0.2, 0) is 13.1 Å². The first kappa shape index (κ1) is 9.03. The zero-order valence-electron chi connectivity index (χ0n) is 7.21. The highest BCUT2D eigenvalue weighted by Crippen LogP contribution is 2.16. The van der Waals surface area contributed by atoms with Gasteiger partial charge < -0.3 is 16.2 Å². The van der Waals surface area contributed by atoms with E-state index in [0.29, 0.717) is 13.1 Å². The molecule has 1 aromatic carbocycles. The van der Waals surface area contributed by atoms with Gasteiger partial charge in [-0.05, 0) is 23.3 Å². The molecule has 0 aromatic heterocycles. The number of ether oxygens (including phenoxy) is 1. The summed E-state index contributed by atoms with van der Waals surface area (Å²) in [4.78, 5) is 0. The molecule has 0 bridgehead atoms. The van der Waals surface area contributed by atoms with Crippen LogP contribution < -0.4 is 16.2 Å². The Hall–Kier alpha value is -1.06. The molecular weight excluding hydrogens is 152 g/mol. The molecule has 0 saturated carbocycles. The Labute approximate surface area is 72.3 Å². The van der Waals surface area contributed by atoms with Crippen molar-refractivity contribution in [2.24, 2.45) is 11.5 Å². The lowest BCUT2D eigenvalue weighted by Gasteiger charge is -2.05. The first-order chi connectivity index (χ1) is 5.80.